The van der Waals surface area contributed by atoms with E-state index in [0.29, 0.717) is 25.3 Å². The zero-order valence-electron chi connectivity index (χ0n) is 15.6. The van der Waals surface area contributed by atoms with E-state index < -0.39 is 0 Å². The zero-order valence-corrected chi connectivity index (χ0v) is 15.6. The first kappa shape index (κ1) is 17.8. The van der Waals surface area contributed by atoms with Gasteiger partial charge in [0.05, 0.1) is 12.2 Å². The van der Waals surface area contributed by atoms with Gasteiger partial charge in [-0.3, -0.25) is 14.5 Å². The van der Waals surface area contributed by atoms with Gasteiger partial charge in [-0.1, -0.05) is 5.16 Å². The Morgan fingerprint density at radius 3 is 2.62 bits per heavy atom. The number of nitrogens with zero attached hydrogens (tertiary/aromatic N) is 5. The highest BCUT2D eigenvalue weighted by Gasteiger charge is 2.15. The van der Waals surface area contributed by atoms with E-state index in [4.69, 9.17) is 4.52 Å². The van der Waals surface area contributed by atoms with Crippen molar-refractivity contribution in [2.45, 2.75) is 40.3 Å². The molecule has 0 saturated heterocycles. The summed E-state index contributed by atoms with van der Waals surface area (Å²) < 4.78 is 7.25. The van der Waals surface area contributed by atoms with Crippen molar-refractivity contribution in [3.63, 3.8) is 0 Å². The molecule has 136 valence electrons. The van der Waals surface area contributed by atoms with Crippen LogP contribution >= 0.6 is 0 Å². The van der Waals surface area contributed by atoms with Gasteiger partial charge < -0.3 is 9.42 Å². The van der Waals surface area contributed by atoms with Crippen molar-refractivity contribution in [2.75, 3.05) is 7.05 Å². The van der Waals surface area contributed by atoms with E-state index >= 15 is 0 Å². The number of rotatable bonds is 6. The van der Waals surface area contributed by atoms with Crippen molar-refractivity contribution in [3.05, 3.63) is 53.3 Å². The Labute approximate surface area is 152 Å². The van der Waals surface area contributed by atoms with Gasteiger partial charge in [-0.05, 0) is 38.5 Å². The first-order valence-corrected chi connectivity index (χ1v) is 8.56. The zero-order chi connectivity index (χ0) is 18.7. The Bertz CT molecular complexity index is 898. The predicted molar refractivity (Wildman–Crippen MR) is 97.3 cm³/mol. The molecule has 1 amide bonds. The maximum absolute atomic E-state index is 12.4. The number of pyridine rings is 1. The Balaban J connectivity index is 1.57. The van der Waals surface area contributed by atoms with Gasteiger partial charge in [-0.2, -0.15) is 5.10 Å². The molecule has 0 radical (unpaired) electrons. The van der Waals surface area contributed by atoms with E-state index in [-0.39, 0.29) is 5.91 Å². The minimum absolute atomic E-state index is 0.0390. The summed E-state index contributed by atoms with van der Waals surface area (Å²) in [5, 5.41) is 8.54. The smallest absolute Gasteiger partial charge is 0.224 e. The summed E-state index contributed by atoms with van der Waals surface area (Å²) >= 11 is 0. The summed E-state index contributed by atoms with van der Waals surface area (Å²) in [5.41, 5.74) is 4.96. The molecule has 0 N–H and O–H groups in total. The van der Waals surface area contributed by atoms with E-state index in [2.05, 4.69) is 15.2 Å². The number of amides is 1. The van der Waals surface area contributed by atoms with Gasteiger partial charge in [-0.15, -0.1) is 0 Å². The molecule has 0 aliphatic rings. The molecule has 7 nitrogen and oxygen atoms in total. The summed E-state index contributed by atoms with van der Waals surface area (Å²) in [6, 6.07) is 5.59. The molecule has 7 heteroatoms. The van der Waals surface area contributed by atoms with E-state index in [9.17, 15) is 4.79 Å². The molecule has 3 heterocycles. The van der Waals surface area contributed by atoms with Crippen LogP contribution in [0.15, 0.2) is 35.1 Å². The third kappa shape index (κ3) is 3.82. The quantitative estimate of drug-likeness (QED) is 0.681. The van der Waals surface area contributed by atoms with Crippen LogP contribution in [0.1, 0.15) is 29.1 Å². The predicted octanol–water partition coefficient (Wildman–Crippen LogP) is 2.91. The highest BCUT2D eigenvalue weighted by atomic mass is 16.5. The van der Waals surface area contributed by atoms with Crippen molar-refractivity contribution in [2.24, 2.45) is 0 Å². The molecule has 3 rings (SSSR count). The summed E-state index contributed by atoms with van der Waals surface area (Å²) in [6.45, 7) is 7.01. The molecule has 26 heavy (non-hydrogen) atoms. The second kappa shape index (κ2) is 7.51. The summed E-state index contributed by atoms with van der Waals surface area (Å²) in [7, 11) is 1.77. The van der Waals surface area contributed by atoms with Gasteiger partial charge >= 0.3 is 0 Å². The maximum Gasteiger partial charge on any atom is 0.224 e. The van der Waals surface area contributed by atoms with Gasteiger partial charge in [0.15, 0.2) is 5.76 Å². The molecule has 0 spiro atoms. The fourth-order valence-electron chi connectivity index (χ4n) is 2.76. The maximum atomic E-state index is 12.4. The van der Waals surface area contributed by atoms with Crippen LogP contribution in [0.4, 0.5) is 0 Å². The summed E-state index contributed by atoms with van der Waals surface area (Å²) in [5.74, 6) is 0.687. The number of aryl methyl sites for hydroxylation is 2. The molecule has 0 fully saturated rings. The number of aromatic nitrogens is 4. The Morgan fingerprint density at radius 1 is 1.23 bits per heavy atom. The molecule has 0 aromatic carbocycles. The van der Waals surface area contributed by atoms with Crippen molar-refractivity contribution in [1.82, 2.24) is 24.8 Å². The molecular formula is C19H23N5O2. The number of hydrogen-bond donors (Lipinski definition) is 0. The molecule has 0 aliphatic heterocycles. The molecule has 3 aromatic heterocycles. The SMILES string of the molecule is Cc1nn(CCC(=O)N(C)Cc2cc(-c3ccncc3)no2)c(C)c1C. The summed E-state index contributed by atoms with van der Waals surface area (Å²) in [4.78, 5) is 18.1. The normalized spacial score (nSPS) is 10.9. The lowest BCUT2D eigenvalue weighted by Gasteiger charge is -2.15. The molecule has 3 aromatic rings. The fraction of sp³-hybridized carbons (Fsp3) is 0.368. The lowest BCUT2D eigenvalue weighted by molar-refractivity contribution is -0.131. The van der Waals surface area contributed by atoms with Crippen LogP contribution in [-0.2, 0) is 17.9 Å². The topological polar surface area (TPSA) is 77.1 Å². The van der Waals surface area contributed by atoms with E-state index in [1.54, 1.807) is 24.3 Å². The van der Waals surface area contributed by atoms with Crippen LogP contribution in [0.25, 0.3) is 11.3 Å². The van der Waals surface area contributed by atoms with Gasteiger partial charge in [0.2, 0.25) is 5.91 Å². The van der Waals surface area contributed by atoms with Crippen molar-refractivity contribution in [1.29, 1.82) is 0 Å². The minimum atomic E-state index is 0.0390. The second-order valence-electron chi connectivity index (χ2n) is 6.43. The van der Waals surface area contributed by atoms with Crippen LogP contribution in [0, 0.1) is 20.8 Å². The molecule has 0 unspecified atom stereocenters. The van der Waals surface area contributed by atoms with Crippen LogP contribution in [0.3, 0.4) is 0 Å². The van der Waals surface area contributed by atoms with Crippen molar-refractivity contribution < 1.29 is 9.32 Å². The van der Waals surface area contributed by atoms with Gasteiger partial charge in [-0.25, -0.2) is 0 Å². The Hall–Kier alpha value is -2.96. The van der Waals surface area contributed by atoms with Crippen LogP contribution in [-0.4, -0.2) is 37.8 Å². The first-order chi connectivity index (χ1) is 12.5. The summed E-state index contributed by atoms with van der Waals surface area (Å²) in [6.07, 6.45) is 3.81. The van der Waals surface area contributed by atoms with Crippen molar-refractivity contribution >= 4 is 5.91 Å². The highest BCUT2D eigenvalue weighted by molar-refractivity contribution is 5.75. The highest BCUT2D eigenvalue weighted by Crippen LogP contribution is 2.19. The molecule has 0 saturated carbocycles. The minimum Gasteiger partial charge on any atom is -0.359 e. The number of hydrogen-bond acceptors (Lipinski definition) is 5. The third-order valence-corrected chi connectivity index (χ3v) is 4.63. The Kier molecular flexibility index (Phi) is 5.16. The standard InChI is InChI=1S/C19H23N5O2/c1-13-14(2)21-24(15(13)3)10-7-19(25)23(4)12-17-11-18(22-26-17)16-5-8-20-9-6-16/h5-6,8-9,11H,7,10,12H2,1-4H3. The lowest BCUT2D eigenvalue weighted by Crippen LogP contribution is -2.27. The van der Waals surface area contributed by atoms with Gasteiger partial charge in [0.1, 0.15) is 5.69 Å². The van der Waals surface area contributed by atoms with E-state index in [0.717, 1.165) is 22.6 Å². The largest absolute Gasteiger partial charge is 0.359 e. The van der Waals surface area contributed by atoms with Crippen LogP contribution in [0.2, 0.25) is 0 Å². The number of carbonyl (C=O) groups excluding carboxylic acids is 1. The molecule has 0 bridgehead atoms. The average Bonchev–Trinajstić information content (AvgIpc) is 3.21. The molecule has 0 aliphatic carbocycles. The average molecular weight is 353 g/mol. The third-order valence-electron chi connectivity index (χ3n) is 4.63. The van der Waals surface area contributed by atoms with E-state index in [1.165, 1.54) is 5.56 Å². The monoisotopic (exact) mass is 353 g/mol. The second-order valence-corrected chi connectivity index (χ2v) is 6.43. The lowest BCUT2D eigenvalue weighted by atomic mass is 10.2. The first-order valence-electron chi connectivity index (χ1n) is 8.56. The van der Waals surface area contributed by atoms with Gasteiger partial charge in [0, 0.05) is 49.7 Å². The van der Waals surface area contributed by atoms with Crippen LogP contribution in [0.5, 0.6) is 0 Å². The van der Waals surface area contributed by atoms with Crippen molar-refractivity contribution in [3.8, 4) is 11.3 Å². The van der Waals surface area contributed by atoms with E-state index in [1.807, 2.05) is 43.7 Å². The Morgan fingerprint density at radius 2 is 1.96 bits per heavy atom. The number of carbonyl (C=O) groups is 1. The van der Waals surface area contributed by atoms with Crippen LogP contribution < -0.4 is 0 Å². The fourth-order valence-corrected chi connectivity index (χ4v) is 2.76. The molecule has 0 atom stereocenters. The molecular weight excluding hydrogens is 330 g/mol. The van der Waals surface area contributed by atoms with Gasteiger partial charge in [0.25, 0.3) is 0 Å².